The van der Waals surface area contributed by atoms with Gasteiger partial charge in [0.15, 0.2) is 0 Å². The summed E-state index contributed by atoms with van der Waals surface area (Å²) in [6.07, 6.45) is 6.18. The number of anilines is 1. The van der Waals surface area contributed by atoms with Crippen LogP contribution in [0.15, 0.2) is 12.4 Å². The van der Waals surface area contributed by atoms with Gasteiger partial charge >= 0.3 is 0 Å². The molecule has 2 aliphatic rings. The van der Waals surface area contributed by atoms with Crippen LogP contribution in [0.4, 0.5) is 5.69 Å². The molecule has 0 radical (unpaired) electrons. The van der Waals surface area contributed by atoms with E-state index in [-0.39, 0.29) is 24.1 Å². The second kappa shape index (κ2) is 4.64. The number of aliphatic hydroxyl groups excluding tert-OH is 1. The van der Waals surface area contributed by atoms with Crippen LogP contribution in [0, 0.1) is 0 Å². The molecule has 3 N–H and O–H groups in total. The number of aliphatic hydroxyl groups is 1. The van der Waals surface area contributed by atoms with Gasteiger partial charge < -0.3 is 15.7 Å². The molecule has 4 heterocycles. The molecule has 1 amide bonds. The Labute approximate surface area is 125 Å². The van der Waals surface area contributed by atoms with Crippen LogP contribution in [0.5, 0.6) is 0 Å². The van der Waals surface area contributed by atoms with Crippen molar-refractivity contribution < 1.29 is 9.90 Å². The number of hydrogen-bond donors (Lipinski definition) is 2. The minimum Gasteiger partial charge on any atom is -0.396 e. The monoisotopic (exact) mass is 304 g/mol. The highest BCUT2D eigenvalue weighted by molar-refractivity contribution is 7.21. The van der Waals surface area contributed by atoms with Gasteiger partial charge in [-0.25, -0.2) is 9.97 Å². The number of carbonyl (C=O) groups excluding carboxylic acids is 1. The molecule has 2 aromatic heterocycles. The number of amides is 1. The summed E-state index contributed by atoms with van der Waals surface area (Å²) in [5.74, 6) is -0.0308. The normalized spacial score (nSPS) is 28.2. The Kier molecular flexibility index (Phi) is 2.87. The Morgan fingerprint density at radius 1 is 1.29 bits per heavy atom. The van der Waals surface area contributed by atoms with Crippen molar-refractivity contribution in [1.29, 1.82) is 0 Å². The van der Waals surface area contributed by atoms with Crippen LogP contribution >= 0.6 is 11.3 Å². The molecule has 2 unspecified atom stereocenters. The van der Waals surface area contributed by atoms with Crippen molar-refractivity contribution in [3.63, 3.8) is 0 Å². The topological polar surface area (TPSA) is 92.3 Å². The zero-order valence-electron chi connectivity index (χ0n) is 11.4. The average molecular weight is 304 g/mol. The molecule has 2 fully saturated rings. The van der Waals surface area contributed by atoms with E-state index in [1.807, 2.05) is 4.90 Å². The van der Waals surface area contributed by atoms with E-state index in [0.717, 1.165) is 12.8 Å². The number of aromatic nitrogens is 2. The molecule has 4 rings (SSSR count). The molecule has 0 saturated carbocycles. The van der Waals surface area contributed by atoms with Crippen molar-refractivity contribution >= 4 is 33.3 Å². The summed E-state index contributed by atoms with van der Waals surface area (Å²) in [7, 11) is 0. The SMILES string of the molecule is Nc1c(C(=O)N2C3CCC2CC(O)C3)sc2nccnc12. The van der Waals surface area contributed by atoms with E-state index in [0.29, 0.717) is 33.8 Å². The van der Waals surface area contributed by atoms with Gasteiger partial charge in [0.05, 0.1) is 11.8 Å². The summed E-state index contributed by atoms with van der Waals surface area (Å²) in [6, 6.07) is 0.272. The number of rotatable bonds is 1. The largest absolute Gasteiger partial charge is 0.396 e. The summed E-state index contributed by atoms with van der Waals surface area (Å²) < 4.78 is 0. The standard InChI is InChI=1S/C14H16N4O2S/c15-10-11-13(17-4-3-16-11)21-12(10)14(20)18-7-1-2-8(18)6-9(19)5-7/h3-4,7-9,19H,1-2,5-6,15H2. The van der Waals surface area contributed by atoms with Crippen molar-refractivity contribution in [3.05, 3.63) is 17.3 Å². The molecular weight excluding hydrogens is 288 g/mol. The van der Waals surface area contributed by atoms with Crippen molar-refractivity contribution in [3.8, 4) is 0 Å². The molecule has 0 spiro atoms. The maximum Gasteiger partial charge on any atom is 0.266 e. The van der Waals surface area contributed by atoms with Crippen molar-refractivity contribution in [1.82, 2.24) is 14.9 Å². The minimum absolute atomic E-state index is 0.0308. The molecule has 21 heavy (non-hydrogen) atoms. The molecular formula is C14H16N4O2S. The molecule has 2 aromatic rings. The summed E-state index contributed by atoms with van der Waals surface area (Å²) in [5.41, 5.74) is 7.13. The van der Waals surface area contributed by atoms with Crippen LogP contribution in [0.2, 0.25) is 0 Å². The van der Waals surface area contributed by atoms with E-state index >= 15 is 0 Å². The van der Waals surface area contributed by atoms with Gasteiger partial charge in [0.25, 0.3) is 5.91 Å². The van der Waals surface area contributed by atoms with Gasteiger partial charge in [0.1, 0.15) is 15.2 Å². The molecule has 2 aliphatic heterocycles. The summed E-state index contributed by atoms with van der Waals surface area (Å²) in [4.78, 5) is 24.5. The number of thiophene rings is 1. The fraction of sp³-hybridized carbons (Fsp3) is 0.500. The van der Waals surface area contributed by atoms with E-state index in [1.165, 1.54) is 11.3 Å². The molecule has 110 valence electrons. The average Bonchev–Trinajstić information content (AvgIpc) is 2.95. The predicted octanol–water partition coefficient (Wildman–Crippen LogP) is 1.40. The number of nitrogens with zero attached hydrogens (tertiary/aromatic N) is 3. The molecule has 0 aromatic carbocycles. The highest BCUT2D eigenvalue weighted by Crippen LogP contribution is 2.39. The van der Waals surface area contributed by atoms with Crippen molar-refractivity contribution in [2.45, 2.75) is 43.9 Å². The lowest BCUT2D eigenvalue weighted by atomic mass is 9.99. The Morgan fingerprint density at radius 2 is 1.95 bits per heavy atom. The lowest BCUT2D eigenvalue weighted by Crippen LogP contribution is -2.47. The van der Waals surface area contributed by atoms with Crippen molar-refractivity contribution in [2.75, 3.05) is 5.73 Å². The molecule has 7 heteroatoms. The van der Waals surface area contributed by atoms with Crippen LogP contribution in [-0.2, 0) is 0 Å². The van der Waals surface area contributed by atoms with Gasteiger partial charge in [0, 0.05) is 24.5 Å². The molecule has 6 nitrogen and oxygen atoms in total. The van der Waals surface area contributed by atoms with Crippen LogP contribution in [0.3, 0.4) is 0 Å². The third kappa shape index (κ3) is 1.91. The first-order chi connectivity index (χ1) is 10.1. The highest BCUT2D eigenvalue weighted by atomic mass is 32.1. The number of carbonyl (C=O) groups is 1. The maximum atomic E-state index is 12.9. The van der Waals surface area contributed by atoms with Gasteiger partial charge in [-0.2, -0.15) is 0 Å². The van der Waals surface area contributed by atoms with E-state index < -0.39 is 0 Å². The summed E-state index contributed by atoms with van der Waals surface area (Å²) in [6.45, 7) is 0. The van der Waals surface area contributed by atoms with Gasteiger partial charge in [0.2, 0.25) is 0 Å². The molecule has 2 bridgehead atoms. The van der Waals surface area contributed by atoms with Crippen LogP contribution in [0.25, 0.3) is 10.3 Å². The van der Waals surface area contributed by atoms with E-state index in [2.05, 4.69) is 9.97 Å². The third-order valence-corrected chi connectivity index (χ3v) is 5.59. The van der Waals surface area contributed by atoms with Gasteiger partial charge in [-0.1, -0.05) is 0 Å². The third-order valence-electron chi connectivity index (χ3n) is 4.50. The molecule has 2 atom stereocenters. The molecule has 2 saturated heterocycles. The first-order valence-electron chi connectivity index (χ1n) is 7.15. The van der Waals surface area contributed by atoms with Crippen LogP contribution < -0.4 is 5.73 Å². The zero-order chi connectivity index (χ0) is 14.6. The quantitative estimate of drug-likeness (QED) is 0.831. The summed E-state index contributed by atoms with van der Waals surface area (Å²) >= 11 is 1.31. The molecule has 0 aliphatic carbocycles. The number of nitrogens with two attached hydrogens (primary N) is 1. The predicted molar refractivity (Wildman–Crippen MR) is 80.0 cm³/mol. The highest BCUT2D eigenvalue weighted by Gasteiger charge is 2.43. The zero-order valence-corrected chi connectivity index (χ0v) is 12.2. The first kappa shape index (κ1) is 13.0. The lowest BCUT2D eigenvalue weighted by molar-refractivity contribution is 0.0291. The van der Waals surface area contributed by atoms with E-state index in [9.17, 15) is 9.90 Å². The minimum atomic E-state index is -0.283. The van der Waals surface area contributed by atoms with Gasteiger partial charge in [-0.15, -0.1) is 11.3 Å². The first-order valence-corrected chi connectivity index (χ1v) is 7.96. The van der Waals surface area contributed by atoms with Crippen LogP contribution in [0.1, 0.15) is 35.4 Å². The van der Waals surface area contributed by atoms with Crippen molar-refractivity contribution in [2.24, 2.45) is 0 Å². The number of fused-ring (bicyclic) bond motifs is 3. The second-order valence-corrected chi connectivity index (χ2v) is 6.78. The maximum absolute atomic E-state index is 12.9. The Balaban J connectivity index is 1.72. The number of hydrogen-bond acceptors (Lipinski definition) is 6. The Hall–Kier alpha value is -1.73. The second-order valence-electron chi connectivity index (χ2n) is 5.78. The van der Waals surface area contributed by atoms with E-state index in [4.69, 9.17) is 5.73 Å². The van der Waals surface area contributed by atoms with Gasteiger partial charge in [-0.05, 0) is 25.7 Å². The fourth-order valence-corrected chi connectivity index (χ4v) is 4.57. The smallest absolute Gasteiger partial charge is 0.266 e. The Bertz CT molecular complexity index is 702. The Morgan fingerprint density at radius 3 is 2.62 bits per heavy atom. The van der Waals surface area contributed by atoms with E-state index in [1.54, 1.807) is 12.4 Å². The lowest BCUT2D eigenvalue weighted by Gasteiger charge is -2.37. The number of nitrogen functional groups attached to an aromatic ring is 1. The van der Waals surface area contributed by atoms with Crippen LogP contribution in [-0.4, -0.2) is 44.1 Å². The fourth-order valence-electron chi connectivity index (χ4n) is 3.60. The summed E-state index contributed by atoms with van der Waals surface area (Å²) in [5, 5.41) is 9.85. The number of piperidine rings is 1. The van der Waals surface area contributed by atoms with Gasteiger partial charge in [-0.3, -0.25) is 4.79 Å².